The lowest BCUT2D eigenvalue weighted by molar-refractivity contribution is 0.683. The minimum absolute atomic E-state index is 0.454. The Bertz CT molecular complexity index is 871. The fraction of sp³-hybridized carbons (Fsp3) is 0.227. The third kappa shape index (κ3) is 3.81. The van der Waals surface area contributed by atoms with E-state index in [1.54, 1.807) is 11.3 Å². The van der Waals surface area contributed by atoms with Crippen molar-refractivity contribution in [2.75, 3.05) is 11.9 Å². The Kier molecular flexibility index (Phi) is 5.02. The van der Waals surface area contributed by atoms with Gasteiger partial charge in [0.2, 0.25) is 0 Å². The van der Waals surface area contributed by atoms with Gasteiger partial charge in [-0.25, -0.2) is 0 Å². The van der Waals surface area contributed by atoms with Gasteiger partial charge in [0.1, 0.15) is 5.84 Å². The van der Waals surface area contributed by atoms with Crippen molar-refractivity contribution >= 4 is 22.9 Å². The second kappa shape index (κ2) is 7.75. The summed E-state index contributed by atoms with van der Waals surface area (Å²) in [5, 5.41) is 16.9. The van der Waals surface area contributed by atoms with Crippen molar-refractivity contribution in [3.8, 4) is 0 Å². The van der Waals surface area contributed by atoms with Crippen molar-refractivity contribution in [3.05, 3.63) is 87.3 Å². The van der Waals surface area contributed by atoms with Crippen LogP contribution in [0, 0.1) is 5.41 Å². The van der Waals surface area contributed by atoms with Gasteiger partial charge in [-0.3, -0.25) is 5.41 Å². The van der Waals surface area contributed by atoms with Gasteiger partial charge in [0.15, 0.2) is 0 Å². The maximum atomic E-state index is 8.11. The van der Waals surface area contributed by atoms with Crippen LogP contribution in [0.2, 0.25) is 0 Å². The van der Waals surface area contributed by atoms with Crippen LogP contribution in [0.15, 0.2) is 76.8 Å². The lowest BCUT2D eigenvalue weighted by Crippen LogP contribution is -2.24. The average Bonchev–Trinajstić information content (AvgIpc) is 3.22. The summed E-state index contributed by atoms with van der Waals surface area (Å²) < 4.78 is 0. The first-order valence-corrected chi connectivity index (χ1v) is 9.98. The van der Waals surface area contributed by atoms with Crippen molar-refractivity contribution in [3.63, 3.8) is 0 Å². The van der Waals surface area contributed by atoms with E-state index in [0.29, 0.717) is 5.84 Å². The molecule has 0 saturated heterocycles. The summed E-state index contributed by atoms with van der Waals surface area (Å²) >= 11 is 1.58. The number of amidine groups is 1. The van der Waals surface area contributed by atoms with E-state index in [-0.39, 0.29) is 0 Å². The maximum Gasteiger partial charge on any atom is 0.140 e. The van der Waals surface area contributed by atoms with Gasteiger partial charge in [-0.1, -0.05) is 36.4 Å². The molecule has 1 aliphatic heterocycles. The van der Waals surface area contributed by atoms with E-state index >= 15 is 0 Å². The van der Waals surface area contributed by atoms with Crippen molar-refractivity contribution in [2.24, 2.45) is 0 Å². The van der Waals surface area contributed by atoms with E-state index in [0.717, 1.165) is 42.8 Å². The predicted molar refractivity (Wildman–Crippen MR) is 111 cm³/mol. The molecule has 0 fully saturated rings. The van der Waals surface area contributed by atoms with E-state index < -0.39 is 0 Å². The van der Waals surface area contributed by atoms with Gasteiger partial charge in [-0.2, -0.15) is 0 Å². The monoisotopic (exact) mass is 361 g/mol. The number of hydrogen-bond acceptors (Lipinski definition) is 3. The molecule has 0 radical (unpaired) electrons. The Hall–Kier alpha value is -2.59. The van der Waals surface area contributed by atoms with E-state index in [1.807, 2.05) is 17.5 Å². The summed E-state index contributed by atoms with van der Waals surface area (Å²) in [5.41, 5.74) is 6.71. The van der Waals surface area contributed by atoms with Crippen LogP contribution in [0.4, 0.5) is 5.69 Å². The molecule has 3 nitrogen and oxygen atoms in total. The first-order valence-electron chi connectivity index (χ1n) is 9.10. The van der Waals surface area contributed by atoms with Crippen molar-refractivity contribution in [1.29, 1.82) is 5.41 Å². The molecule has 1 aromatic heterocycles. The molecule has 0 bridgehead atoms. The van der Waals surface area contributed by atoms with Gasteiger partial charge < -0.3 is 10.6 Å². The van der Waals surface area contributed by atoms with E-state index in [1.165, 1.54) is 22.4 Å². The highest BCUT2D eigenvalue weighted by Gasteiger charge is 2.17. The highest BCUT2D eigenvalue weighted by molar-refractivity contribution is 7.12. The molecule has 4 heteroatoms. The Labute approximate surface area is 158 Å². The van der Waals surface area contributed by atoms with Gasteiger partial charge in [-0.15, -0.1) is 11.3 Å². The molecule has 3 N–H and O–H groups in total. The first-order chi connectivity index (χ1) is 12.8. The summed E-state index contributed by atoms with van der Waals surface area (Å²) in [6.45, 7) is 1.05. The van der Waals surface area contributed by atoms with Crippen molar-refractivity contribution in [1.82, 2.24) is 5.32 Å². The SMILES string of the molecule is N=C(Nc1ccc(CCC2=C3CC=CC=C3CCN2)cc1)c1cccs1. The number of benzene rings is 1. The molecule has 2 aliphatic rings. The van der Waals surface area contributed by atoms with E-state index in [2.05, 4.69) is 53.1 Å². The summed E-state index contributed by atoms with van der Waals surface area (Å²) in [5.74, 6) is 0.454. The molecule has 132 valence electrons. The third-order valence-corrected chi connectivity index (χ3v) is 5.78. The van der Waals surface area contributed by atoms with Crippen LogP contribution in [0.1, 0.15) is 29.7 Å². The molecular formula is C22H23N3S. The molecule has 1 aliphatic carbocycles. The van der Waals surface area contributed by atoms with Gasteiger partial charge in [0, 0.05) is 17.9 Å². The molecule has 1 aromatic carbocycles. The summed E-state index contributed by atoms with van der Waals surface area (Å²) in [7, 11) is 0. The average molecular weight is 362 g/mol. The third-order valence-electron chi connectivity index (χ3n) is 4.89. The van der Waals surface area contributed by atoms with Crippen molar-refractivity contribution in [2.45, 2.75) is 25.7 Å². The highest BCUT2D eigenvalue weighted by atomic mass is 32.1. The van der Waals surface area contributed by atoms with Crippen LogP contribution < -0.4 is 10.6 Å². The Balaban J connectivity index is 1.37. The Morgan fingerprint density at radius 1 is 1.15 bits per heavy atom. The number of allylic oxidation sites excluding steroid dienone is 5. The zero-order valence-electron chi connectivity index (χ0n) is 14.7. The molecule has 0 unspecified atom stereocenters. The number of aryl methyl sites for hydroxylation is 1. The number of thiophene rings is 1. The van der Waals surface area contributed by atoms with Crippen LogP contribution in [0.5, 0.6) is 0 Å². The highest BCUT2D eigenvalue weighted by Crippen LogP contribution is 2.29. The topological polar surface area (TPSA) is 47.9 Å². The lowest BCUT2D eigenvalue weighted by atomic mass is 9.89. The maximum absolute atomic E-state index is 8.11. The fourth-order valence-corrected chi connectivity index (χ4v) is 4.13. The predicted octanol–water partition coefficient (Wildman–Crippen LogP) is 5.25. The van der Waals surface area contributed by atoms with Crippen LogP contribution in [-0.4, -0.2) is 12.4 Å². The van der Waals surface area contributed by atoms with Gasteiger partial charge in [0.25, 0.3) is 0 Å². The molecule has 2 heterocycles. The second-order valence-electron chi connectivity index (χ2n) is 6.63. The molecule has 0 amide bonds. The molecule has 2 aromatic rings. The van der Waals surface area contributed by atoms with E-state index in [4.69, 9.17) is 5.41 Å². The molecule has 0 saturated carbocycles. The zero-order chi connectivity index (χ0) is 17.8. The summed E-state index contributed by atoms with van der Waals surface area (Å²) in [6, 6.07) is 12.4. The minimum Gasteiger partial charge on any atom is -0.388 e. The molecule has 26 heavy (non-hydrogen) atoms. The van der Waals surface area contributed by atoms with Crippen molar-refractivity contribution < 1.29 is 0 Å². The number of fused-ring (bicyclic) bond motifs is 1. The van der Waals surface area contributed by atoms with Crippen LogP contribution in [-0.2, 0) is 6.42 Å². The second-order valence-corrected chi connectivity index (χ2v) is 7.58. The van der Waals surface area contributed by atoms with E-state index in [9.17, 15) is 0 Å². The number of nitrogens with one attached hydrogen (secondary N) is 3. The molecule has 0 spiro atoms. The van der Waals surface area contributed by atoms with Crippen LogP contribution in [0.3, 0.4) is 0 Å². The summed E-state index contributed by atoms with van der Waals surface area (Å²) in [4.78, 5) is 0.955. The lowest BCUT2D eigenvalue weighted by Gasteiger charge is -2.26. The standard InChI is InChI=1S/C22H23N3S/c23-22(21-6-3-15-26-21)25-18-10-7-16(8-11-18)9-12-20-19-5-2-1-4-17(19)13-14-24-20/h1-4,6-8,10-11,15,24H,5,9,12-14H2,(H2,23,25). The number of rotatable bonds is 5. The van der Waals surface area contributed by atoms with Gasteiger partial charge in [0.05, 0.1) is 4.88 Å². The molecular weight excluding hydrogens is 338 g/mol. The number of anilines is 1. The Morgan fingerprint density at radius 2 is 2.04 bits per heavy atom. The fourth-order valence-electron chi connectivity index (χ4n) is 3.50. The summed E-state index contributed by atoms with van der Waals surface area (Å²) in [6.07, 6.45) is 11.0. The molecule has 4 rings (SSSR count). The van der Waals surface area contributed by atoms with Crippen LogP contribution in [0.25, 0.3) is 0 Å². The molecule has 0 atom stereocenters. The van der Waals surface area contributed by atoms with Gasteiger partial charge in [-0.05, 0) is 66.0 Å². The smallest absolute Gasteiger partial charge is 0.140 e. The van der Waals surface area contributed by atoms with Gasteiger partial charge >= 0.3 is 0 Å². The quantitative estimate of drug-likeness (QED) is 0.503. The normalized spacial score (nSPS) is 15.9. The minimum atomic E-state index is 0.454. The zero-order valence-corrected chi connectivity index (χ0v) is 15.5. The Morgan fingerprint density at radius 3 is 2.85 bits per heavy atom. The first kappa shape index (κ1) is 16.9. The largest absolute Gasteiger partial charge is 0.388 e. The number of hydrogen-bond donors (Lipinski definition) is 3. The van der Waals surface area contributed by atoms with Crippen LogP contribution >= 0.6 is 11.3 Å².